The van der Waals surface area contributed by atoms with Crippen LogP contribution in [0.2, 0.25) is 0 Å². The molecular formula is C17H18N2O9S. The number of rotatable bonds is 9. The maximum atomic E-state index is 12.0. The van der Waals surface area contributed by atoms with E-state index in [1.807, 2.05) is 0 Å². The number of aliphatic hydroxyl groups is 1. The molecule has 1 aromatic carbocycles. The van der Waals surface area contributed by atoms with Gasteiger partial charge in [0.1, 0.15) is 6.61 Å². The summed E-state index contributed by atoms with van der Waals surface area (Å²) in [6, 6.07) is 5.27. The lowest BCUT2D eigenvalue weighted by atomic mass is 10.2. The number of esters is 2. The van der Waals surface area contributed by atoms with Crippen molar-refractivity contribution in [2.75, 3.05) is 7.11 Å². The maximum absolute atomic E-state index is 12.0. The molecule has 0 bridgehead atoms. The first kappa shape index (κ1) is 22.3. The van der Waals surface area contributed by atoms with Gasteiger partial charge in [0.05, 0.1) is 30.2 Å². The van der Waals surface area contributed by atoms with Gasteiger partial charge in [-0.1, -0.05) is 11.8 Å². The molecule has 0 aliphatic carbocycles. The number of nitro groups is 1. The molecule has 0 spiro atoms. The smallest absolute Gasteiger partial charge is 0.356 e. The number of carbonyl (C=O) groups is 4. The van der Waals surface area contributed by atoms with E-state index in [0.717, 1.165) is 16.7 Å². The minimum absolute atomic E-state index is 0.0404. The third kappa shape index (κ3) is 5.99. The summed E-state index contributed by atoms with van der Waals surface area (Å²) >= 11 is 0.742. The number of amides is 1. The van der Waals surface area contributed by atoms with Crippen LogP contribution in [0.1, 0.15) is 24.8 Å². The van der Waals surface area contributed by atoms with Gasteiger partial charge < -0.3 is 14.6 Å². The Bertz CT molecular complexity index is 812. The Kier molecular flexibility index (Phi) is 7.67. The zero-order valence-electron chi connectivity index (χ0n) is 15.3. The minimum atomic E-state index is -1.89. The lowest BCUT2D eigenvalue weighted by Gasteiger charge is -2.41. The molecule has 1 fully saturated rings. The Morgan fingerprint density at radius 2 is 1.97 bits per heavy atom. The highest BCUT2D eigenvalue weighted by Crippen LogP contribution is 2.32. The average molecular weight is 426 g/mol. The molecule has 2 atom stereocenters. The predicted molar refractivity (Wildman–Crippen MR) is 98.0 cm³/mol. The first-order valence-electron chi connectivity index (χ1n) is 8.38. The monoisotopic (exact) mass is 426 g/mol. The van der Waals surface area contributed by atoms with E-state index >= 15 is 0 Å². The van der Waals surface area contributed by atoms with Crippen LogP contribution in [0.3, 0.4) is 0 Å². The van der Waals surface area contributed by atoms with Crippen LogP contribution < -0.4 is 0 Å². The van der Waals surface area contributed by atoms with Crippen LogP contribution in [0.15, 0.2) is 24.3 Å². The number of β-lactam (4-membered cyclic amide) rings is 1. The quantitative estimate of drug-likeness (QED) is 0.259. The highest BCUT2D eigenvalue weighted by atomic mass is 32.2. The molecule has 0 radical (unpaired) electrons. The first-order chi connectivity index (χ1) is 13.7. The fourth-order valence-electron chi connectivity index (χ4n) is 2.37. The van der Waals surface area contributed by atoms with E-state index in [4.69, 9.17) is 4.74 Å². The van der Waals surface area contributed by atoms with Crippen LogP contribution in [-0.2, 0) is 35.3 Å². The minimum Gasteiger partial charge on any atom is -0.469 e. The molecular weight excluding hydrogens is 408 g/mol. The number of hydrogen-bond donors (Lipinski definition) is 1. The molecule has 1 amide bonds. The molecule has 1 heterocycles. The number of nitrogens with zero attached hydrogens (tertiary/aromatic N) is 2. The predicted octanol–water partition coefficient (Wildman–Crippen LogP) is 0.728. The molecule has 1 N–H and O–H groups in total. The molecule has 1 aliphatic rings. The van der Waals surface area contributed by atoms with Gasteiger partial charge in [0.2, 0.25) is 12.1 Å². The fourth-order valence-corrected chi connectivity index (χ4v) is 3.46. The molecule has 1 unspecified atom stereocenters. The van der Waals surface area contributed by atoms with Gasteiger partial charge in [-0.25, -0.2) is 4.79 Å². The summed E-state index contributed by atoms with van der Waals surface area (Å²) in [7, 11) is 1.20. The normalized spacial score (nSPS) is 16.6. The third-order valence-corrected chi connectivity index (χ3v) is 5.11. The van der Waals surface area contributed by atoms with Crippen LogP contribution in [0.4, 0.5) is 5.69 Å². The maximum Gasteiger partial charge on any atom is 0.356 e. The summed E-state index contributed by atoms with van der Waals surface area (Å²) in [4.78, 5) is 57.6. The van der Waals surface area contributed by atoms with E-state index in [-0.39, 0.29) is 36.7 Å². The average Bonchev–Trinajstić information content (AvgIpc) is 2.69. The molecule has 2 rings (SSSR count). The number of benzene rings is 1. The number of hydrogen-bond acceptors (Lipinski definition) is 10. The second kappa shape index (κ2) is 9.98. The summed E-state index contributed by atoms with van der Waals surface area (Å²) < 4.78 is 9.37. The van der Waals surface area contributed by atoms with Gasteiger partial charge in [-0.05, 0) is 17.7 Å². The van der Waals surface area contributed by atoms with Crippen LogP contribution in [0.25, 0.3) is 0 Å². The molecule has 29 heavy (non-hydrogen) atoms. The van der Waals surface area contributed by atoms with Gasteiger partial charge in [-0.3, -0.25) is 29.4 Å². The molecule has 11 nitrogen and oxygen atoms in total. The lowest BCUT2D eigenvalue weighted by molar-refractivity contribution is -0.384. The molecule has 12 heteroatoms. The first-order valence-corrected chi connectivity index (χ1v) is 9.26. The molecule has 0 aromatic heterocycles. The third-order valence-electron chi connectivity index (χ3n) is 3.98. The van der Waals surface area contributed by atoms with Gasteiger partial charge in [-0.2, -0.15) is 0 Å². The highest BCUT2D eigenvalue weighted by Gasteiger charge is 2.45. The van der Waals surface area contributed by atoms with E-state index in [1.54, 1.807) is 0 Å². The van der Waals surface area contributed by atoms with Gasteiger partial charge in [-0.15, -0.1) is 0 Å². The number of carbonyl (C=O) groups excluding carboxylic acids is 4. The second-order valence-electron chi connectivity index (χ2n) is 5.93. The molecule has 1 aliphatic heterocycles. The van der Waals surface area contributed by atoms with E-state index in [0.29, 0.717) is 5.56 Å². The second-order valence-corrected chi connectivity index (χ2v) is 7.17. The van der Waals surface area contributed by atoms with E-state index in [2.05, 4.69) is 4.74 Å². The van der Waals surface area contributed by atoms with Gasteiger partial charge in [0.15, 0.2) is 5.12 Å². The zero-order chi connectivity index (χ0) is 21.6. The number of non-ortho nitro benzene ring substituents is 1. The van der Waals surface area contributed by atoms with Crippen molar-refractivity contribution in [3.8, 4) is 0 Å². The summed E-state index contributed by atoms with van der Waals surface area (Å²) in [6.45, 7) is -0.258. The Hall–Kier alpha value is -2.99. The highest BCUT2D eigenvalue weighted by molar-refractivity contribution is 8.14. The number of aliphatic hydroxyl groups excluding tert-OH is 1. The molecule has 0 saturated carbocycles. The van der Waals surface area contributed by atoms with Crippen molar-refractivity contribution in [1.29, 1.82) is 0 Å². The molecule has 1 aromatic rings. The zero-order valence-corrected chi connectivity index (χ0v) is 16.1. The van der Waals surface area contributed by atoms with Gasteiger partial charge in [0, 0.05) is 18.6 Å². The number of ether oxygens (including phenoxy) is 2. The summed E-state index contributed by atoms with van der Waals surface area (Å²) in [5, 5.41) is 19.6. The van der Waals surface area contributed by atoms with Crippen LogP contribution in [-0.4, -0.2) is 56.6 Å². The van der Waals surface area contributed by atoms with Crippen molar-refractivity contribution < 1.29 is 38.7 Å². The molecule has 1 saturated heterocycles. The standard InChI is InChI=1S/C17H18N2O9S/c1-27-14(21)6-7-15(22)29-13-8-12(20)18(13)16(23)17(24)28-9-10-2-4-11(5-3-10)19(25)26/h2-5,13,16,23H,6-9H2,1H3/t13-,16?/m1/s1. The van der Waals surface area contributed by atoms with Crippen LogP contribution >= 0.6 is 11.8 Å². The number of nitro benzene ring substituents is 1. The van der Waals surface area contributed by atoms with Crippen LogP contribution in [0.5, 0.6) is 0 Å². The number of thioether (sulfide) groups is 1. The van der Waals surface area contributed by atoms with Crippen molar-refractivity contribution >= 4 is 40.4 Å². The number of methoxy groups -OCH3 is 1. The fraction of sp³-hybridized carbons (Fsp3) is 0.412. The van der Waals surface area contributed by atoms with E-state index < -0.39 is 34.4 Å². The van der Waals surface area contributed by atoms with Gasteiger partial charge in [0.25, 0.3) is 5.69 Å². The summed E-state index contributed by atoms with van der Waals surface area (Å²) in [6.07, 6.45) is -2.14. The van der Waals surface area contributed by atoms with E-state index in [1.165, 1.54) is 31.4 Å². The summed E-state index contributed by atoms with van der Waals surface area (Å²) in [5.41, 5.74) is 0.331. The van der Waals surface area contributed by atoms with Crippen LogP contribution in [0, 0.1) is 10.1 Å². The summed E-state index contributed by atoms with van der Waals surface area (Å²) in [5.74, 6) is -2.16. The Morgan fingerprint density at radius 3 is 2.52 bits per heavy atom. The largest absolute Gasteiger partial charge is 0.469 e. The Morgan fingerprint density at radius 1 is 1.31 bits per heavy atom. The van der Waals surface area contributed by atoms with Crippen molar-refractivity contribution in [2.45, 2.75) is 37.5 Å². The molecule has 156 valence electrons. The lowest BCUT2D eigenvalue weighted by Crippen LogP contribution is -2.59. The van der Waals surface area contributed by atoms with Crippen molar-refractivity contribution in [2.24, 2.45) is 0 Å². The Balaban J connectivity index is 1.85. The van der Waals surface area contributed by atoms with Crippen molar-refractivity contribution in [3.05, 3.63) is 39.9 Å². The number of likely N-dealkylation sites (tertiary alicyclic amines) is 1. The van der Waals surface area contributed by atoms with E-state index in [9.17, 15) is 34.4 Å². The van der Waals surface area contributed by atoms with Crippen molar-refractivity contribution in [3.63, 3.8) is 0 Å². The van der Waals surface area contributed by atoms with Gasteiger partial charge >= 0.3 is 11.9 Å². The van der Waals surface area contributed by atoms with Crippen molar-refractivity contribution in [1.82, 2.24) is 4.90 Å². The SMILES string of the molecule is COC(=O)CCC(=O)S[C@@H]1CC(=O)N1C(O)C(=O)OCc1ccc([N+](=O)[O-])cc1. The Labute approximate surface area is 169 Å². The topological polar surface area (TPSA) is 153 Å².